The molecule has 0 saturated heterocycles. The quantitative estimate of drug-likeness (QED) is 0.776. The average molecular weight is 193 g/mol. The van der Waals surface area contributed by atoms with Gasteiger partial charge in [-0.2, -0.15) is 0 Å². The first-order valence-corrected chi connectivity index (χ1v) is 5.49. The Kier molecular flexibility index (Phi) is 2.59. The topological polar surface area (TPSA) is 43.8 Å². The van der Waals surface area contributed by atoms with Gasteiger partial charge in [0.15, 0.2) is 0 Å². The van der Waals surface area contributed by atoms with E-state index in [9.17, 15) is 0 Å². The number of aromatic nitrogens is 2. The lowest BCUT2D eigenvalue weighted by Gasteiger charge is -2.24. The van der Waals surface area contributed by atoms with E-state index in [1.54, 1.807) is 0 Å². The largest absolute Gasteiger partial charge is 0.329 e. The van der Waals surface area contributed by atoms with E-state index in [-0.39, 0.29) is 6.04 Å². The molecule has 0 radical (unpaired) electrons. The fourth-order valence-corrected chi connectivity index (χ4v) is 2.31. The molecule has 78 valence electrons. The minimum Gasteiger partial charge on any atom is -0.329 e. The number of imidazole rings is 1. The van der Waals surface area contributed by atoms with Gasteiger partial charge in [0.1, 0.15) is 5.82 Å². The van der Waals surface area contributed by atoms with Crippen molar-refractivity contribution in [3.8, 4) is 0 Å². The SMILES string of the molecule is CC(N)Cc1ncc2n1C(C)CCC2. The number of fused-ring (bicyclic) bond motifs is 1. The Bertz CT molecular complexity index is 314. The van der Waals surface area contributed by atoms with Crippen LogP contribution >= 0.6 is 0 Å². The van der Waals surface area contributed by atoms with E-state index in [0.717, 1.165) is 6.42 Å². The molecule has 0 bridgehead atoms. The van der Waals surface area contributed by atoms with Crippen molar-refractivity contribution in [2.45, 2.75) is 51.6 Å². The molecule has 2 unspecified atom stereocenters. The number of rotatable bonds is 2. The summed E-state index contributed by atoms with van der Waals surface area (Å²) >= 11 is 0. The minimum absolute atomic E-state index is 0.204. The van der Waals surface area contributed by atoms with Crippen LogP contribution in [-0.4, -0.2) is 15.6 Å². The van der Waals surface area contributed by atoms with Crippen LogP contribution in [0.25, 0.3) is 0 Å². The number of hydrogen-bond donors (Lipinski definition) is 1. The third-order valence-electron chi connectivity index (χ3n) is 2.95. The Morgan fingerprint density at radius 1 is 1.71 bits per heavy atom. The van der Waals surface area contributed by atoms with Crippen LogP contribution < -0.4 is 5.73 Å². The van der Waals surface area contributed by atoms with Gasteiger partial charge in [-0.25, -0.2) is 4.98 Å². The van der Waals surface area contributed by atoms with Crippen LogP contribution in [0.1, 0.15) is 44.2 Å². The molecule has 14 heavy (non-hydrogen) atoms. The van der Waals surface area contributed by atoms with E-state index in [1.807, 2.05) is 13.1 Å². The van der Waals surface area contributed by atoms with Gasteiger partial charge in [-0.1, -0.05) is 0 Å². The molecular formula is C11H19N3. The molecule has 1 aromatic rings. The minimum atomic E-state index is 0.204. The summed E-state index contributed by atoms with van der Waals surface area (Å²) in [4.78, 5) is 4.47. The van der Waals surface area contributed by atoms with Crippen molar-refractivity contribution in [1.29, 1.82) is 0 Å². The summed E-state index contributed by atoms with van der Waals surface area (Å²) in [6, 6.07) is 0.811. The maximum absolute atomic E-state index is 5.81. The highest BCUT2D eigenvalue weighted by Crippen LogP contribution is 2.26. The van der Waals surface area contributed by atoms with Gasteiger partial charge in [0.05, 0.1) is 0 Å². The van der Waals surface area contributed by atoms with Crippen molar-refractivity contribution < 1.29 is 0 Å². The van der Waals surface area contributed by atoms with Crippen molar-refractivity contribution in [2.75, 3.05) is 0 Å². The van der Waals surface area contributed by atoms with E-state index >= 15 is 0 Å². The van der Waals surface area contributed by atoms with E-state index in [4.69, 9.17) is 5.73 Å². The molecule has 1 aliphatic rings. The zero-order valence-corrected chi connectivity index (χ0v) is 9.03. The third-order valence-corrected chi connectivity index (χ3v) is 2.95. The Morgan fingerprint density at radius 2 is 2.50 bits per heavy atom. The van der Waals surface area contributed by atoms with Crippen LogP contribution in [-0.2, 0) is 12.8 Å². The van der Waals surface area contributed by atoms with Crippen LogP contribution in [0.2, 0.25) is 0 Å². The van der Waals surface area contributed by atoms with Gasteiger partial charge in [-0.15, -0.1) is 0 Å². The molecule has 0 saturated carbocycles. The number of aryl methyl sites for hydroxylation is 1. The molecule has 2 N–H and O–H groups in total. The van der Waals surface area contributed by atoms with E-state index in [0.29, 0.717) is 6.04 Å². The molecule has 3 heteroatoms. The summed E-state index contributed by atoms with van der Waals surface area (Å²) < 4.78 is 2.38. The Hall–Kier alpha value is -0.830. The number of nitrogens with zero attached hydrogens (tertiary/aromatic N) is 2. The maximum atomic E-state index is 5.81. The molecule has 2 heterocycles. The lowest BCUT2D eigenvalue weighted by atomic mass is 10.0. The molecule has 3 nitrogen and oxygen atoms in total. The molecule has 2 atom stereocenters. The molecule has 1 aliphatic heterocycles. The highest BCUT2D eigenvalue weighted by molar-refractivity contribution is 5.10. The van der Waals surface area contributed by atoms with Crippen LogP contribution in [0.5, 0.6) is 0 Å². The monoisotopic (exact) mass is 193 g/mol. The Morgan fingerprint density at radius 3 is 3.21 bits per heavy atom. The first-order chi connectivity index (χ1) is 6.68. The van der Waals surface area contributed by atoms with Crippen LogP contribution in [0.3, 0.4) is 0 Å². The molecule has 0 fully saturated rings. The molecule has 0 amide bonds. The van der Waals surface area contributed by atoms with Crippen molar-refractivity contribution in [3.05, 3.63) is 17.7 Å². The Balaban J connectivity index is 2.29. The van der Waals surface area contributed by atoms with Gasteiger partial charge in [0.25, 0.3) is 0 Å². The summed E-state index contributed by atoms with van der Waals surface area (Å²) in [7, 11) is 0. The smallest absolute Gasteiger partial charge is 0.110 e. The predicted molar refractivity (Wildman–Crippen MR) is 57.2 cm³/mol. The van der Waals surface area contributed by atoms with Crippen LogP contribution in [0.4, 0.5) is 0 Å². The second-order valence-electron chi connectivity index (χ2n) is 4.46. The van der Waals surface area contributed by atoms with Crippen molar-refractivity contribution in [3.63, 3.8) is 0 Å². The molecule has 0 aliphatic carbocycles. The summed E-state index contributed by atoms with van der Waals surface area (Å²) in [5.41, 5.74) is 7.20. The van der Waals surface area contributed by atoms with Crippen molar-refractivity contribution in [1.82, 2.24) is 9.55 Å². The standard InChI is InChI=1S/C11H19N3/c1-8(12)6-11-13-7-10-5-3-4-9(2)14(10)11/h7-9H,3-6,12H2,1-2H3. The van der Waals surface area contributed by atoms with Crippen molar-refractivity contribution in [2.24, 2.45) is 5.73 Å². The molecular weight excluding hydrogens is 174 g/mol. The van der Waals surface area contributed by atoms with E-state index < -0.39 is 0 Å². The normalized spacial score (nSPS) is 23.2. The zero-order chi connectivity index (χ0) is 10.1. The lowest BCUT2D eigenvalue weighted by molar-refractivity contribution is 0.415. The van der Waals surface area contributed by atoms with E-state index in [2.05, 4.69) is 16.5 Å². The second-order valence-corrected chi connectivity index (χ2v) is 4.46. The molecule has 0 spiro atoms. The van der Waals surface area contributed by atoms with Gasteiger partial charge in [-0.3, -0.25) is 0 Å². The number of nitrogens with two attached hydrogens (primary N) is 1. The number of hydrogen-bond acceptors (Lipinski definition) is 2. The lowest BCUT2D eigenvalue weighted by Crippen LogP contribution is -2.23. The second kappa shape index (κ2) is 3.73. The average Bonchev–Trinajstić information content (AvgIpc) is 2.49. The first-order valence-electron chi connectivity index (χ1n) is 5.49. The maximum Gasteiger partial charge on any atom is 0.110 e. The fraction of sp³-hybridized carbons (Fsp3) is 0.727. The highest BCUT2D eigenvalue weighted by atomic mass is 15.1. The van der Waals surface area contributed by atoms with Gasteiger partial charge < -0.3 is 10.3 Å². The van der Waals surface area contributed by atoms with Gasteiger partial charge in [0, 0.05) is 30.4 Å². The summed E-state index contributed by atoms with van der Waals surface area (Å²) in [6.45, 7) is 4.31. The Labute approximate surface area is 85.3 Å². The predicted octanol–water partition coefficient (Wildman–Crippen LogP) is 1.67. The summed E-state index contributed by atoms with van der Waals surface area (Å²) in [6.07, 6.45) is 6.66. The fourth-order valence-electron chi connectivity index (χ4n) is 2.31. The summed E-state index contributed by atoms with van der Waals surface area (Å²) in [5, 5.41) is 0. The van der Waals surface area contributed by atoms with E-state index in [1.165, 1.54) is 30.8 Å². The van der Waals surface area contributed by atoms with Crippen LogP contribution in [0, 0.1) is 0 Å². The molecule has 0 aromatic carbocycles. The van der Waals surface area contributed by atoms with Crippen molar-refractivity contribution >= 4 is 0 Å². The summed E-state index contributed by atoms with van der Waals surface area (Å²) in [5.74, 6) is 1.17. The third kappa shape index (κ3) is 1.69. The molecule has 2 rings (SSSR count). The zero-order valence-electron chi connectivity index (χ0n) is 9.03. The van der Waals surface area contributed by atoms with Gasteiger partial charge in [-0.05, 0) is 33.1 Å². The highest BCUT2D eigenvalue weighted by Gasteiger charge is 2.19. The van der Waals surface area contributed by atoms with Gasteiger partial charge in [0.2, 0.25) is 0 Å². The van der Waals surface area contributed by atoms with Gasteiger partial charge >= 0.3 is 0 Å². The molecule has 1 aromatic heterocycles. The first kappa shape index (κ1) is 9.71. The van der Waals surface area contributed by atoms with Crippen LogP contribution in [0.15, 0.2) is 6.20 Å².